The van der Waals surface area contributed by atoms with Crippen LogP contribution in [0.3, 0.4) is 0 Å². The number of thioether (sulfide) groups is 1. The first-order valence-corrected chi connectivity index (χ1v) is 11.2. The fourth-order valence-electron chi connectivity index (χ4n) is 3.25. The van der Waals surface area contributed by atoms with Crippen molar-refractivity contribution >= 4 is 40.7 Å². The largest absolute Gasteiger partial charge is 0.351 e. The molecule has 0 atom stereocenters. The van der Waals surface area contributed by atoms with Crippen molar-refractivity contribution in [3.63, 3.8) is 0 Å². The maximum atomic E-state index is 12.9. The molecule has 0 amide bonds. The summed E-state index contributed by atoms with van der Waals surface area (Å²) < 4.78 is 3.87. The quantitative estimate of drug-likeness (QED) is 0.271. The van der Waals surface area contributed by atoms with Crippen molar-refractivity contribution < 1.29 is 4.79 Å². The van der Waals surface area contributed by atoms with E-state index in [1.54, 1.807) is 24.5 Å². The third kappa shape index (κ3) is 4.26. The van der Waals surface area contributed by atoms with Gasteiger partial charge in [-0.15, -0.1) is 10.2 Å². The van der Waals surface area contributed by atoms with E-state index < -0.39 is 0 Å². The first kappa shape index (κ1) is 21.6. The Morgan fingerprint density at radius 2 is 1.90 bits per heavy atom. The molecular formula is C22H19Cl2N5OS. The van der Waals surface area contributed by atoms with Crippen LogP contribution in [0.1, 0.15) is 21.7 Å². The molecule has 3 aromatic heterocycles. The first-order valence-electron chi connectivity index (χ1n) is 9.47. The number of carbonyl (C=O) groups excluding carboxylic acids is 1. The highest BCUT2D eigenvalue weighted by molar-refractivity contribution is 7.99. The molecule has 0 unspecified atom stereocenters. The summed E-state index contributed by atoms with van der Waals surface area (Å²) in [5.74, 6) is 0.877. The van der Waals surface area contributed by atoms with Gasteiger partial charge in [0.1, 0.15) is 0 Å². The van der Waals surface area contributed by atoms with E-state index in [0.29, 0.717) is 21.0 Å². The van der Waals surface area contributed by atoms with E-state index in [1.807, 2.05) is 54.3 Å². The van der Waals surface area contributed by atoms with Crippen molar-refractivity contribution in [3.8, 4) is 17.1 Å². The van der Waals surface area contributed by atoms with Crippen LogP contribution in [0.25, 0.3) is 17.1 Å². The van der Waals surface area contributed by atoms with Gasteiger partial charge < -0.3 is 4.57 Å². The SMILES string of the molecule is Cc1cc(C(=O)CSc2nnc(-c3cccnc3)n2-c2ccc(Cl)c(Cl)c2)c(C)n1C. The van der Waals surface area contributed by atoms with Gasteiger partial charge in [0, 0.05) is 42.0 Å². The number of rotatable bonds is 6. The van der Waals surface area contributed by atoms with E-state index in [0.717, 1.165) is 28.2 Å². The summed E-state index contributed by atoms with van der Waals surface area (Å²) in [7, 11) is 1.95. The summed E-state index contributed by atoms with van der Waals surface area (Å²) in [5, 5.41) is 10.2. The molecule has 31 heavy (non-hydrogen) atoms. The molecule has 0 spiro atoms. The lowest BCUT2D eigenvalue weighted by Gasteiger charge is -2.11. The average molecular weight is 472 g/mol. The Bertz CT molecular complexity index is 1270. The average Bonchev–Trinajstić information content (AvgIpc) is 3.31. The van der Waals surface area contributed by atoms with Gasteiger partial charge in [0.25, 0.3) is 0 Å². The highest BCUT2D eigenvalue weighted by atomic mass is 35.5. The van der Waals surface area contributed by atoms with Crippen molar-refractivity contribution in [3.05, 3.63) is 75.8 Å². The number of pyridine rings is 1. The number of Topliss-reactive ketones (excluding diaryl/α,β-unsaturated/α-hetero) is 1. The Labute approximate surface area is 194 Å². The Morgan fingerprint density at radius 1 is 1.10 bits per heavy atom. The Kier molecular flexibility index (Phi) is 6.18. The molecule has 0 aliphatic heterocycles. The molecule has 0 fully saturated rings. The molecule has 6 nitrogen and oxygen atoms in total. The molecule has 4 aromatic rings. The van der Waals surface area contributed by atoms with Gasteiger partial charge in [0.05, 0.1) is 21.5 Å². The standard InChI is InChI=1S/C22H19Cl2N5OS/c1-13-9-17(14(2)28(13)3)20(30)12-31-22-27-26-21(15-5-4-8-25-11-15)29(22)16-6-7-18(23)19(24)10-16/h4-11H,12H2,1-3H3. The van der Waals surface area contributed by atoms with Crippen LogP contribution in [0.4, 0.5) is 0 Å². The number of hydrogen-bond acceptors (Lipinski definition) is 5. The topological polar surface area (TPSA) is 65.6 Å². The molecule has 9 heteroatoms. The van der Waals surface area contributed by atoms with Crippen LogP contribution < -0.4 is 0 Å². The highest BCUT2D eigenvalue weighted by Gasteiger charge is 2.20. The number of nitrogens with zero attached hydrogens (tertiary/aromatic N) is 5. The van der Waals surface area contributed by atoms with Crippen molar-refractivity contribution in [1.29, 1.82) is 0 Å². The van der Waals surface area contributed by atoms with Crippen molar-refractivity contribution in [1.82, 2.24) is 24.3 Å². The minimum atomic E-state index is 0.0396. The summed E-state index contributed by atoms with van der Waals surface area (Å²) in [6, 6.07) is 11.0. The number of hydrogen-bond donors (Lipinski definition) is 0. The third-order valence-electron chi connectivity index (χ3n) is 5.12. The van der Waals surface area contributed by atoms with Gasteiger partial charge in [-0.2, -0.15) is 0 Å². The zero-order chi connectivity index (χ0) is 22.1. The predicted molar refractivity (Wildman–Crippen MR) is 125 cm³/mol. The van der Waals surface area contributed by atoms with E-state index in [1.165, 1.54) is 11.8 Å². The molecule has 0 saturated heterocycles. The number of aromatic nitrogens is 5. The number of halogens is 2. The Hall–Kier alpha value is -2.61. The molecule has 158 valence electrons. The minimum absolute atomic E-state index is 0.0396. The van der Waals surface area contributed by atoms with Crippen LogP contribution in [0.5, 0.6) is 0 Å². The van der Waals surface area contributed by atoms with Gasteiger partial charge in [-0.25, -0.2) is 0 Å². The van der Waals surface area contributed by atoms with Gasteiger partial charge in [0.2, 0.25) is 0 Å². The van der Waals surface area contributed by atoms with Crippen molar-refractivity contribution in [2.75, 3.05) is 5.75 Å². The first-order chi connectivity index (χ1) is 14.9. The van der Waals surface area contributed by atoms with Crippen LogP contribution in [-0.4, -0.2) is 35.9 Å². The van der Waals surface area contributed by atoms with Crippen LogP contribution in [0.2, 0.25) is 10.0 Å². The van der Waals surface area contributed by atoms with E-state index in [9.17, 15) is 4.79 Å². The molecule has 0 bridgehead atoms. The maximum Gasteiger partial charge on any atom is 0.196 e. The third-order valence-corrected chi connectivity index (χ3v) is 6.79. The van der Waals surface area contributed by atoms with E-state index in [-0.39, 0.29) is 11.5 Å². The summed E-state index contributed by atoms with van der Waals surface area (Å²) in [6.07, 6.45) is 3.41. The van der Waals surface area contributed by atoms with Gasteiger partial charge in [-0.05, 0) is 50.2 Å². The number of aryl methyl sites for hydroxylation is 1. The Balaban J connectivity index is 1.70. The normalized spacial score (nSPS) is 11.1. The molecule has 4 rings (SSSR count). The van der Waals surface area contributed by atoms with Crippen molar-refractivity contribution in [2.45, 2.75) is 19.0 Å². The van der Waals surface area contributed by atoms with E-state index in [2.05, 4.69) is 15.2 Å². The molecular weight excluding hydrogens is 453 g/mol. The summed E-state index contributed by atoms with van der Waals surface area (Å²) in [6.45, 7) is 3.93. The van der Waals surface area contributed by atoms with Gasteiger partial charge in [0.15, 0.2) is 16.8 Å². The number of ketones is 1. The summed E-state index contributed by atoms with van der Waals surface area (Å²) in [5.41, 5.74) is 4.27. The van der Waals surface area contributed by atoms with Gasteiger partial charge in [-0.1, -0.05) is 35.0 Å². The van der Waals surface area contributed by atoms with Gasteiger partial charge >= 0.3 is 0 Å². The summed E-state index contributed by atoms with van der Waals surface area (Å²) >= 11 is 13.7. The second-order valence-electron chi connectivity index (χ2n) is 7.04. The maximum absolute atomic E-state index is 12.9. The molecule has 0 saturated carbocycles. The molecule has 0 radical (unpaired) electrons. The lowest BCUT2D eigenvalue weighted by atomic mass is 10.2. The van der Waals surface area contributed by atoms with E-state index >= 15 is 0 Å². The van der Waals surface area contributed by atoms with Crippen LogP contribution in [-0.2, 0) is 7.05 Å². The monoisotopic (exact) mass is 471 g/mol. The molecule has 1 aromatic carbocycles. The molecule has 3 heterocycles. The second kappa shape index (κ2) is 8.86. The Morgan fingerprint density at radius 3 is 2.55 bits per heavy atom. The fourth-order valence-corrected chi connectivity index (χ4v) is 4.38. The van der Waals surface area contributed by atoms with E-state index in [4.69, 9.17) is 23.2 Å². The molecule has 0 aliphatic rings. The zero-order valence-electron chi connectivity index (χ0n) is 17.1. The number of carbonyl (C=O) groups is 1. The predicted octanol–water partition coefficient (Wildman–Crippen LogP) is 5.57. The fraction of sp³-hybridized carbons (Fsp3) is 0.182. The van der Waals surface area contributed by atoms with Crippen LogP contribution >= 0.6 is 35.0 Å². The van der Waals surface area contributed by atoms with Crippen LogP contribution in [0.15, 0.2) is 53.9 Å². The lowest BCUT2D eigenvalue weighted by Crippen LogP contribution is -2.06. The minimum Gasteiger partial charge on any atom is -0.351 e. The summed E-state index contributed by atoms with van der Waals surface area (Å²) in [4.78, 5) is 17.1. The smallest absolute Gasteiger partial charge is 0.196 e. The lowest BCUT2D eigenvalue weighted by molar-refractivity contribution is 0.102. The zero-order valence-corrected chi connectivity index (χ0v) is 19.5. The van der Waals surface area contributed by atoms with Crippen LogP contribution in [0, 0.1) is 13.8 Å². The second-order valence-corrected chi connectivity index (χ2v) is 8.79. The molecule has 0 N–H and O–H groups in total. The number of benzene rings is 1. The highest BCUT2D eigenvalue weighted by Crippen LogP contribution is 2.31. The van der Waals surface area contributed by atoms with Gasteiger partial charge in [-0.3, -0.25) is 14.3 Å². The molecule has 0 aliphatic carbocycles. The van der Waals surface area contributed by atoms with Crippen molar-refractivity contribution in [2.24, 2.45) is 7.05 Å².